The van der Waals surface area contributed by atoms with Crippen molar-refractivity contribution in [1.82, 2.24) is 15.1 Å². The molecule has 1 N–H and O–H groups in total. The molecule has 0 bridgehead atoms. The zero-order chi connectivity index (χ0) is 23.0. The van der Waals surface area contributed by atoms with Gasteiger partial charge >= 0.3 is 0 Å². The largest absolute Gasteiger partial charge is 0.490 e. The molecule has 0 radical (unpaired) electrons. The molecule has 178 valence electrons. The van der Waals surface area contributed by atoms with Crippen molar-refractivity contribution in [2.75, 3.05) is 31.6 Å². The number of carbonyl (C=O) groups is 2. The van der Waals surface area contributed by atoms with Crippen LogP contribution in [0.1, 0.15) is 79.6 Å². The van der Waals surface area contributed by atoms with Crippen molar-refractivity contribution in [2.24, 2.45) is 0 Å². The first-order chi connectivity index (χ1) is 16.1. The van der Waals surface area contributed by atoms with Crippen LogP contribution in [0.4, 0.5) is 5.13 Å². The van der Waals surface area contributed by atoms with Crippen LogP contribution in [0.3, 0.4) is 0 Å². The highest BCUT2D eigenvalue weighted by atomic mass is 32.1. The standard InChI is InChI=1S/C24H32N4O4S/c1-2-31-20-15-18(11-12-19(20)32-16-21(29)28-13-7-4-8-14-28)22(30)25-24-27-26-23(33-24)17-9-5-3-6-10-17/h11-12,15,17H,2-10,13-14,16H2,1H3,(H,25,27,30). The Kier molecular flexibility index (Phi) is 8.15. The minimum Gasteiger partial charge on any atom is -0.490 e. The summed E-state index contributed by atoms with van der Waals surface area (Å²) in [7, 11) is 0. The molecule has 1 aliphatic carbocycles. The lowest BCUT2D eigenvalue weighted by Crippen LogP contribution is -2.38. The van der Waals surface area contributed by atoms with Gasteiger partial charge in [0.05, 0.1) is 6.61 Å². The average Bonchev–Trinajstić information content (AvgIpc) is 3.32. The molecule has 2 aromatic rings. The van der Waals surface area contributed by atoms with E-state index in [1.54, 1.807) is 18.2 Å². The van der Waals surface area contributed by atoms with Crippen molar-refractivity contribution in [3.8, 4) is 11.5 Å². The van der Waals surface area contributed by atoms with Gasteiger partial charge in [0.15, 0.2) is 18.1 Å². The maximum atomic E-state index is 12.8. The number of benzene rings is 1. The summed E-state index contributed by atoms with van der Waals surface area (Å²) in [6.45, 7) is 3.81. The molecule has 8 nitrogen and oxygen atoms in total. The molecule has 33 heavy (non-hydrogen) atoms. The lowest BCUT2D eigenvalue weighted by molar-refractivity contribution is -0.134. The van der Waals surface area contributed by atoms with Crippen LogP contribution in [0.25, 0.3) is 0 Å². The molecule has 0 atom stereocenters. The number of amides is 2. The van der Waals surface area contributed by atoms with Crippen molar-refractivity contribution in [3.63, 3.8) is 0 Å². The fourth-order valence-electron chi connectivity index (χ4n) is 4.38. The molecule has 2 amide bonds. The summed E-state index contributed by atoms with van der Waals surface area (Å²) in [5.74, 6) is 1.05. The van der Waals surface area contributed by atoms with Crippen LogP contribution in [-0.4, -0.2) is 53.2 Å². The topological polar surface area (TPSA) is 93.6 Å². The van der Waals surface area contributed by atoms with Crippen LogP contribution < -0.4 is 14.8 Å². The van der Waals surface area contributed by atoms with E-state index in [-0.39, 0.29) is 18.4 Å². The number of hydrogen-bond donors (Lipinski definition) is 1. The minimum absolute atomic E-state index is 0.0241. The number of rotatable bonds is 8. The first-order valence-corrected chi connectivity index (χ1v) is 12.8. The fourth-order valence-corrected chi connectivity index (χ4v) is 5.29. The molecule has 1 aliphatic heterocycles. The monoisotopic (exact) mass is 472 g/mol. The number of nitrogens with one attached hydrogen (secondary N) is 1. The van der Waals surface area contributed by atoms with Gasteiger partial charge in [0, 0.05) is 24.6 Å². The summed E-state index contributed by atoms with van der Waals surface area (Å²) in [6.07, 6.45) is 9.26. The van der Waals surface area contributed by atoms with Crippen molar-refractivity contribution in [2.45, 2.75) is 64.2 Å². The highest BCUT2D eigenvalue weighted by Crippen LogP contribution is 2.35. The third-order valence-electron chi connectivity index (χ3n) is 6.18. The second kappa shape index (κ2) is 11.4. The summed E-state index contributed by atoms with van der Waals surface area (Å²) in [4.78, 5) is 27.1. The zero-order valence-corrected chi connectivity index (χ0v) is 20.0. The van der Waals surface area contributed by atoms with Gasteiger partial charge in [-0.25, -0.2) is 0 Å². The Balaban J connectivity index is 1.38. The summed E-state index contributed by atoms with van der Waals surface area (Å²) in [6, 6.07) is 4.99. The summed E-state index contributed by atoms with van der Waals surface area (Å²) < 4.78 is 11.4. The van der Waals surface area contributed by atoms with Gasteiger partial charge in [-0.3, -0.25) is 14.9 Å². The van der Waals surface area contributed by atoms with Gasteiger partial charge in [0.2, 0.25) is 5.13 Å². The number of piperidine rings is 1. The van der Waals surface area contributed by atoms with Crippen molar-refractivity contribution in [3.05, 3.63) is 28.8 Å². The number of hydrogen-bond acceptors (Lipinski definition) is 7. The number of nitrogens with zero attached hydrogens (tertiary/aromatic N) is 3. The zero-order valence-electron chi connectivity index (χ0n) is 19.2. The molecule has 0 unspecified atom stereocenters. The molecule has 1 aromatic carbocycles. The fraction of sp³-hybridized carbons (Fsp3) is 0.583. The number of likely N-dealkylation sites (tertiary alicyclic amines) is 1. The maximum Gasteiger partial charge on any atom is 0.260 e. The predicted octanol–water partition coefficient (Wildman–Crippen LogP) is 4.63. The first-order valence-electron chi connectivity index (χ1n) is 12.0. The molecule has 1 saturated heterocycles. The van der Waals surface area contributed by atoms with Crippen LogP contribution in [0.15, 0.2) is 18.2 Å². The lowest BCUT2D eigenvalue weighted by atomic mass is 9.90. The maximum absolute atomic E-state index is 12.8. The molecule has 1 saturated carbocycles. The van der Waals surface area contributed by atoms with Gasteiger partial charge in [0.1, 0.15) is 5.01 Å². The predicted molar refractivity (Wildman–Crippen MR) is 127 cm³/mol. The van der Waals surface area contributed by atoms with Crippen molar-refractivity contribution in [1.29, 1.82) is 0 Å². The van der Waals surface area contributed by atoms with Crippen LogP contribution in [0, 0.1) is 0 Å². The molecule has 1 aromatic heterocycles. The Morgan fingerprint density at radius 3 is 2.55 bits per heavy atom. The van der Waals surface area contributed by atoms with E-state index >= 15 is 0 Å². The molecule has 2 aliphatic rings. The Morgan fingerprint density at radius 2 is 1.79 bits per heavy atom. The molecule has 2 heterocycles. The van der Waals surface area contributed by atoms with Crippen molar-refractivity contribution >= 4 is 28.3 Å². The smallest absolute Gasteiger partial charge is 0.260 e. The summed E-state index contributed by atoms with van der Waals surface area (Å²) >= 11 is 1.45. The van der Waals surface area contributed by atoms with E-state index in [0.29, 0.717) is 34.7 Å². The van der Waals surface area contributed by atoms with E-state index in [1.165, 1.54) is 37.0 Å². The lowest BCUT2D eigenvalue weighted by Gasteiger charge is -2.26. The molecule has 4 rings (SSSR count). The molecule has 0 spiro atoms. The van der Waals surface area contributed by atoms with Crippen LogP contribution >= 0.6 is 11.3 Å². The summed E-state index contributed by atoms with van der Waals surface area (Å²) in [5.41, 5.74) is 0.433. The number of anilines is 1. The van der Waals surface area contributed by atoms with Gasteiger partial charge in [-0.2, -0.15) is 0 Å². The van der Waals surface area contributed by atoms with Crippen LogP contribution in [0.2, 0.25) is 0 Å². The van der Waals surface area contributed by atoms with E-state index in [9.17, 15) is 9.59 Å². The normalized spacial score (nSPS) is 16.9. The quantitative estimate of drug-likeness (QED) is 0.602. The first kappa shape index (κ1) is 23.5. The Labute approximate surface area is 198 Å². The van der Waals surface area contributed by atoms with E-state index in [4.69, 9.17) is 9.47 Å². The Hall–Kier alpha value is -2.68. The van der Waals surface area contributed by atoms with E-state index < -0.39 is 0 Å². The van der Waals surface area contributed by atoms with Gasteiger partial charge in [-0.15, -0.1) is 10.2 Å². The number of carbonyl (C=O) groups excluding carboxylic acids is 2. The molecular weight excluding hydrogens is 440 g/mol. The van der Waals surface area contributed by atoms with E-state index in [0.717, 1.165) is 43.8 Å². The second-order valence-corrected chi connectivity index (χ2v) is 9.57. The Morgan fingerprint density at radius 1 is 1.03 bits per heavy atom. The minimum atomic E-state index is -0.279. The average molecular weight is 473 g/mol. The molecular formula is C24H32N4O4S. The van der Waals surface area contributed by atoms with Gasteiger partial charge in [-0.05, 0) is 57.2 Å². The highest BCUT2D eigenvalue weighted by molar-refractivity contribution is 7.15. The third-order valence-corrected chi connectivity index (χ3v) is 7.18. The van der Waals surface area contributed by atoms with E-state index in [1.807, 2.05) is 11.8 Å². The SMILES string of the molecule is CCOc1cc(C(=O)Nc2nnc(C3CCCCC3)s2)ccc1OCC(=O)N1CCCCC1. The van der Waals surface area contributed by atoms with Crippen LogP contribution in [0.5, 0.6) is 11.5 Å². The number of aromatic nitrogens is 2. The van der Waals surface area contributed by atoms with E-state index in [2.05, 4.69) is 15.5 Å². The van der Waals surface area contributed by atoms with Crippen LogP contribution in [-0.2, 0) is 4.79 Å². The third kappa shape index (κ3) is 6.22. The highest BCUT2D eigenvalue weighted by Gasteiger charge is 2.21. The Bertz CT molecular complexity index is 952. The second-order valence-electron chi connectivity index (χ2n) is 8.56. The molecule has 2 fully saturated rings. The van der Waals surface area contributed by atoms with Gasteiger partial charge < -0.3 is 14.4 Å². The summed E-state index contributed by atoms with van der Waals surface area (Å²) in [5, 5.41) is 12.8. The van der Waals surface area contributed by atoms with Gasteiger partial charge in [0.25, 0.3) is 11.8 Å². The molecule has 9 heteroatoms. The van der Waals surface area contributed by atoms with Gasteiger partial charge in [-0.1, -0.05) is 30.6 Å². The van der Waals surface area contributed by atoms with Crippen molar-refractivity contribution < 1.29 is 19.1 Å². The number of ether oxygens (including phenoxy) is 2.